The van der Waals surface area contributed by atoms with E-state index in [9.17, 15) is 0 Å². The number of ether oxygens (including phenoxy) is 1. The van der Waals surface area contributed by atoms with Gasteiger partial charge in [0.15, 0.2) is 0 Å². The molecule has 0 N–H and O–H groups in total. The lowest BCUT2D eigenvalue weighted by Gasteiger charge is -2.32. The van der Waals surface area contributed by atoms with Crippen LogP contribution in [0.3, 0.4) is 0 Å². The first-order chi connectivity index (χ1) is 13.1. The van der Waals surface area contributed by atoms with Crippen molar-refractivity contribution >= 4 is 8.80 Å². The molecule has 0 amide bonds. The topological polar surface area (TPSA) is 36.9 Å². The van der Waals surface area contributed by atoms with Crippen molar-refractivity contribution < 1.29 is 18.0 Å². The third-order valence-electron chi connectivity index (χ3n) is 6.40. The van der Waals surface area contributed by atoms with Crippen molar-refractivity contribution in [3.63, 3.8) is 0 Å². The summed E-state index contributed by atoms with van der Waals surface area (Å²) < 4.78 is 22.2. The highest BCUT2D eigenvalue weighted by Crippen LogP contribution is 2.39. The van der Waals surface area contributed by atoms with Gasteiger partial charge in [0.25, 0.3) is 0 Å². The van der Waals surface area contributed by atoms with Crippen molar-refractivity contribution in [3.8, 4) is 5.75 Å². The molecule has 1 aromatic rings. The molecule has 1 fully saturated rings. The molecule has 27 heavy (non-hydrogen) atoms. The molecule has 0 aliphatic heterocycles. The molecule has 1 saturated carbocycles. The van der Waals surface area contributed by atoms with Crippen molar-refractivity contribution in [1.82, 2.24) is 0 Å². The summed E-state index contributed by atoms with van der Waals surface area (Å²) in [6.07, 6.45) is 7.57. The molecule has 4 nitrogen and oxygen atoms in total. The average Bonchev–Trinajstić information content (AvgIpc) is 2.74. The van der Waals surface area contributed by atoms with Gasteiger partial charge in [-0.3, -0.25) is 0 Å². The van der Waals surface area contributed by atoms with Crippen LogP contribution in [0.1, 0.15) is 63.9 Å². The Balaban J connectivity index is 1.76. The van der Waals surface area contributed by atoms with Gasteiger partial charge in [0, 0.05) is 27.4 Å². The van der Waals surface area contributed by atoms with E-state index in [2.05, 4.69) is 38.1 Å². The highest BCUT2D eigenvalue weighted by molar-refractivity contribution is 6.60. The van der Waals surface area contributed by atoms with Crippen molar-refractivity contribution in [3.05, 3.63) is 29.8 Å². The molecule has 1 unspecified atom stereocenters. The Morgan fingerprint density at radius 2 is 1.56 bits per heavy atom. The standard InChI is InChI=1S/C22H38O4Si/c1-6-18(2)19-8-10-20(11-9-19)21-12-14-22(15-13-21)26-16-7-17-27(23-3,24-4)25-5/h12-15,18-20H,6-11,16-17H2,1-5H3/t18?,19-,20-. The molecule has 0 aromatic heterocycles. The summed E-state index contributed by atoms with van der Waals surface area (Å²) in [5.41, 5.74) is 1.47. The van der Waals surface area contributed by atoms with E-state index < -0.39 is 8.80 Å². The van der Waals surface area contributed by atoms with E-state index in [4.69, 9.17) is 18.0 Å². The Labute approximate surface area is 166 Å². The third kappa shape index (κ3) is 6.31. The Morgan fingerprint density at radius 1 is 0.963 bits per heavy atom. The van der Waals surface area contributed by atoms with Gasteiger partial charge in [-0.05, 0) is 67.6 Å². The largest absolute Gasteiger partial charge is 0.500 e. The number of benzene rings is 1. The van der Waals surface area contributed by atoms with Crippen LogP contribution in [0, 0.1) is 11.8 Å². The monoisotopic (exact) mass is 394 g/mol. The van der Waals surface area contributed by atoms with Crippen LogP contribution in [0.5, 0.6) is 5.75 Å². The smallest absolute Gasteiger partial charge is 0.494 e. The average molecular weight is 395 g/mol. The number of rotatable bonds is 11. The third-order valence-corrected chi connectivity index (χ3v) is 9.23. The summed E-state index contributed by atoms with van der Waals surface area (Å²) in [4.78, 5) is 0. The molecule has 5 heteroatoms. The van der Waals surface area contributed by atoms with Gasteiger partial charge in [0.05, 0.1) is 6.61 Å². The van der Waals surface area contributed by atoms with Gasteiger partial charge < -0.3 is 18.0 Å². The normalized spacial score (nSPS) is 21.8. The fraction of sp³-hybridized carbons (Fsp3) is 0.727. The highest BCUT2D eigenvalue weighted by atomic mass is 28.4. The van der Waals surface area contributed by atoms with Gasteiger partial charge in [0.2, 0.25) is 0 Å². The molecular formula is C22H38O4Si. The van der Waals surface area contributed by atoms with Crippen LogP contribution in [0.25, 0.3) is 0 Å². The molecule has 0 radical (unpaired) electrons. The maximum Gasteiger partial charge on any atom is 0.500 e. The summed E-state index contributed by atoms with van der Waals surface area (Å²) in [6.45, 7) is 5.37. The van der Waals surface area contributed by atoms with E-state index in [0.29, 0.717) is 6.61 Å². The lowest BCUT2D eigenvalue weighted by molar-refractivity contribution is 0.121. The number of hydrogen-bond donors (Lipinski definition) is 0. The first kappa shape index (κ1) is 22.4. The molecule has 0 spiro atoms. The van der Waals surface area contributed by atoms with Crippen molar-refractivity contribution in [2.24, 2.45) is 11.8 Å². The molecule has 1 aliphatic carbocycles. The van der Waals surface area contributed by atoms with Crippen LogP contribution in [-0.4, -0.2) is 36.7 Å². The van der Waals surface area contributed by atoms with Gasteiger partial charge in [-0.25, -0.2) is 0 Å². The predicted molar refractivity (Wildman–Crippen MR) is 112 cm³/mol. The molecule has 0 saturated heterocycles. The first-order valence-electron chi connectivity index (χ1n) is 10.5. The van der Waals surface area contributed by atoms with Crippen LogP contribution in [-0.2, 0) is 13.3 Å². The zero-order chi connectivity index (χ0) is 19.7. The van der Waals surface area contributed by atoms with Crippen LogP contribution >= 0.6 is 0 Å². The molecule has 0 bridgehead atoms. The summed E-state index contributed by atoms with van der Waals surface area (Å²) in [5, 5.41) is 0. The van der Waals surface area contributed by atoms with Crippen molar-refractivity contribution in [2.45, 2.75) is 64.3 Å². The fourth-order valence-corrected chi connectivity index (χ4v) is 5.92. The van der Waals surface area contributed by atoms with E-state index in [1.54, 1.807) is 21.3 Å². The minimum Gasteiger partial charge on any atom is -0.494 e. The molecule has 154 valence electrons. The van der Waals surface area contributed by atoms with E-state index in [0.717, 1.165) is 36.0 Å². The molecule has 1 atom stereocenters. The van der Waals surface area contributed by atoms with Gasteiger partial charge in [-0.2, -0.15) is 0 Å². The molecule has 0 heterocycles. The van der Waals surface area contributed by atoms with Crippen LogP contribution in [0.2, 0.25) is 6.04 Å². The Kier molecular flexibility index (Phi) is 9.29. The van der Waals surface area contributed by atoms with Crippen LogP contribution in [0.15, 0.2) is 24.3 Å². The quantitative estimate of drug-likeness (QED) is 0.359. The predicted octanol–water partition coefficient (Wildman–Crippen LogP) is 5.65. The van der Waals surface area contributed by atoms with Gasteiger partial charge >= 0.3 is 8.80 Å². The second-order valence-corrected chi connectivity index (χ2v) is 10.9. The van der Waals surface area contributed by atoms with Crippen molar-refractivity contribution in [2.75, 3.05) is 27.9 Å². The van der Waals surface area contributed by atoms with Crippen LogP contribution < -0.4 is 4.74 Å². The second kappa shape index (κ2) is 11.2. The Bertz CT molecular complexity index is 513. The van der Waals surface area contributed by atoms with E-state index >= 15 is 0 Å². The van der Waals surface area contributed by atoms with Crippen molar-refractivity contribution in [1.29, 1.82) is 0 Å². The van der Waals surface area contributed by atoms with E-state index in [-0.39, 0.29) is 0 Å². The van der Waals surface area contributed by atoms with Gasteiger partial charge in [-0.15, -0.1) is 0 Å². The van der Waals surface area contributed by atoms with Crippen LogP contribution in [0.4, 0.5) is 0 Å². The zero-order valence-electron chi connectivity index (χ0n) is 17.8. The minimum absolute atomic E-state index is 0.643. The lowest BCUT2D eigenvalue weighted by Crippen LogP contribution is -2.42. The summed E-state index contributed by atoms with van der Waals surface area (Å²) in [7, 11) is 2.46. The Morgan fingerprint density at radius 3 is 2.07 bits per heavy atom. The number of hydrogen-bond acceptors (Lipinski definition) is 4. The zero-order valence-corrected chi connectivity index (χ0v) is 18.8. The highest BCUT2D eigenvalue weighted by Gasteiger charge is 2.36. The summed E-state index contributed by atoms with van der Waals surface area (Å²) >= 11 is 0. The summed E-state index contributed by atoms with van der Waals surface area (Å²) in [6, 6.07) is 9.49. The molecule has 1 aliphatic rings. The lowest BCUT2D eigenvalue weighted by atomic mass is 9.74. The summed E-state index contributed by atoms with van der Waals surface area (Å²) in [5.74, 6) is 3.45. The van der Waals surface area contributed by atoms with Gasteiger partial charge in [0.1, 0.15) is 5.75 Å². The minimum atomic E-state index is -2.48. The SMILES string of the molecule is CCC(C)[C@H]1CC[C@H](c2ccc(OCCC[Si](OC)(OC)OC)cc2)CC1. The molecular weight excluding hydrogens is 356 g/mol. The maximum absolute atomic E-state index is 5.90. The van der Waals surface area contributed by atoms with Gasteiger partial charge in [-0.1, -0.05) is 32.4 Å². The maximum atomic E-state index is 5.90. The first-order valence-corrected chi connectivity index (χ1v) is 12.4. The molecule has 2 rings (SSSR count). The fourth-order valence-electron chi connectivity index (χ4n) is 4.23. The molecule has 1 aromatic carbocycles. The van der Waals surface area contributed by atoms with E-state index in [1.165, 1.54) is 37.7 Å². The Hall–Kier alpha value is -0.883. The van der Waals surface area contributed by atoms with E-state index in [1.807, 2.05) is 0 Å². The second-order valence-electron chi connectivity index (χ2n) is 7.81.